The van der Waals surface area contributed by atoms with Crippen LogP contribution in [0.1, 0.15) is 17.4 Å². The topological polar surface area (TPSA) is 65.1 Å². The standard InChI is InChI=1S/C10H15BrN2O2S/c1-10(15,6-16-2)5-13-9(14)8-3-7(11)4-12-8/h3-4,12,15H,5-6H2,1-2H3,(H,13,14). The third kappa shape index (κ3) is 4.19. The van der Waals surface area contributed by atoms with Crippen molar-refractivity contribution in [1.82, 2.24) is 10.3 Å². The van der Waals surface area contributed by atoms with Crippen molar-refractivity contribution in [3.8, 4) is 0 Å². The highest BCUT2D eigenvalue weighted by Crippen LogP contribution is 2.12. The average molecular weight is 307 g/mol. The number of nitrogens with one attached hydrogen (secondary N) is 2. The van der Waals surface area contributed by atoms with E-state index in [0.717, 1.165) is 4.47 Å². The smallest absolute Gasteiger partial charge is 0.267 e. The molecule has 0 aliphatic rings. The van der Waals surface area contributed by atoms with Crippen LogP contribution in [0, 0.1) is 0 Å². The van der Waals surface area contributed by atoms with Crippen LogP contribution in [0.25, 0.3) is 0 Å². The molecule has 0 aromatic carbocycles. The van der Waals surface area contributed by atoms with Gasteiger partial charge < -0.3 is 15.4 Å². The van der Waals surface area contributed by atoms with Gasteiger partial charge in [0.15, 0.2) is 0 Å². The van der Waals surface area contributed by atoms with E-state index >= 15 is 0 Å². The fourth-order valence-corrected chi connectivity index (χ4v) is 2.29. The van der Waals surface area contributed by atoms with Gasteiger partial charge in [0.2, 0.25) is 0 Å². The Morgan fingerprint density at radius 2 is 2.44 bits per heavy atom. The van der Waals surface area contributed by atoms with Gasteiger partial charge in [0.25, 0.3) is 5.91 Å². The predicted octanol–water partition coefficient (Wildman–Crippen LogP) is 1.62. The van der Waals surface area contributed by atoms with Crippen LogP contribution in [-0.2, 0) is 0 Å². The fraction of sp³-hybridized carbons (Fsp3) is 0.500. The lowest BCUT2D eigenvalue weighted by molar-refractivity contribution is 0.0722. The van der Waals surface area contributed by atoms with Gasteiger partial charge in [0.1, 0.15) is 5.69 Å². The molecule has 0 saturated carbocycles. The van der Waals surface area contributed by atoms with Gasteiger partial charge in [0, 0.05) is 23.0 Å². The van der Waals surface area contributed by atoms with Crippen LogP contribution in [0.2, 0.25) is 0 Å². The van der Waals surface area contributed by atoms with E-state index in [-0.39, 0.29) is 12.5 Å². The summed E-state index contributed by atoms with van der Waals surface area (Å²) < 4.78 is 0.827. The van der Waals surface area contributed by atoms with E-state index in [2.05, 4.69) is 26.2 Å². The predicted molar refractivity (Wildman–Crippen MR) is 69.8 cm³/mol. The van der Waals surface area contributed by atoms with Crippen molar-refractivity contribution in [3.63, 3.8) is 0 Å². The molecule has 1 unspecified atom stereocenters. The van der Waals surface area contributed by atoms with Gasteiger partial charge in [-0.1, -0.05) is 0 Å². The van der Waals surface area contributed by atoms with Crippen LogP contribution in [0.15, 0.2) is 16.7 Å². The Balaban J connectivity index is 2.47. The number of hydrogen-bond acceptors (Lipinski definition) is 3. The van der Waals surface area contributed by atoms with E-state index in [4.69, 9.17) is 0 Å². The molecular formula is C10H15BrN2O2S. The zero-order chi connectivity index (χ0) is 12.2. The summed E-state index contributed by atoms with van der Waals surface area (Å²) in [6, 6.07) is 1.69. The monoisotopic (exact) mass is 306 g/mol. The van der Waals surface area contributed by atoms with Crippen LogP contribution < -0.4 is 5.32 Å². The van der Waals surface area contributed by atoms with E-state index in [1.54, 1.807) is 30.9 Å². The van der Waals surface area contributed by atoms with Gasteiger partial charge in [-0.3, -0.25) is 4.79 Å². The summed E-state index contributed by atoms with van der Waals surface area (Å²) in [5.74, 6) is 0.369. The third-order valence-corrected chi connectivity index (χ3v) is 3.35. The Kier molecular flexibility index (Phi) is 4.89. The number of thioether (sulfide) groups is 1. The molecule has 4 nitrogen and oxygen atoms in total. The van der Waals surface area contributed by atoms with Crippen LogP contribution in [0.5, 0.6) is 0 Å². The largest absolute Gasteiger partial charge is 0.387 e. The van der Waals surface area contributed by atoms with Crippen LogP contribution >= 0.6 is 27.7 Å². The third-order valence-electron chi connectivity index (χ3n) is 1.98. The highest BCUT2D eigenvalue weighted by atomic mass is 79.9. The molecule has 0 aliphatic heterocycles. The van der Waals surface area contributed by atoms with Crippen molar-refractivity contribution in [2.75, 3.05) is 18.6 Å². The first-order chi connectivity index (χ1) is 7.44. The number of halogens is 1. The first kappa shape index (κ1) is 13.6. The second-order valence-electron chi connectivity index (χ2n) is 3.84. The summed E-state index contributed by atoms with van der Waals surface area (Å²) in [5.41, 5.74) is -0.398. The quantitative estimate of drug-likeness (QED) is 0.774. The second kappa shape index (κ2) is 5.75. The number of aromatic amines is 1. The van der Waals surface area contributed by atoms with Crippen LogP contribution in [0.4, 0.5) is 0 Å². The van der Waals surface area contributed by atoms with Crippen molar-refractivity contribution in [3.05, 3.63) is 22.4 Å². The van der Waals surface area contributed by atoms with Crippen molar-refractivity contribution in [2.45, 2.75) is 12.5 Å². The summed E-state index contributed by atoms with van der Waals surface area (Å²) >= 11 is 4.80. The lowest BCUT2D eigenvalue weighted by Gasteiger charge is -2.22. The Morgan fingerprint density at radius 1 is 1.75 bits per heavy atom. The molecule has 1 heterocycles. The number of amides is 1. The molecule has 0 radical (unpaired) electrons. The molecular weight excluding hydrogens is 292 g/mol. The lowest BCUT2D eigenvalue weighted by Crippen LogP contribution is -2.42. The zero-order valence-corrected chi connectivity index (χ0v) is 11.6. The number of aliphatic hydroxyl groups is 1. The maximum Gasteiger partial charge on any atom is 0.267 e. The molecule has 1 aromatic heterocycles. The van der Waals surface area contributed by atoms with Crippen molar-refractivity contribution >= 4 is 33.6 Å². The van der Waals surface area contributed by atoms with E-state index in [1.807, 2.05) is 6.26 Å². The Hall–Kier alpha value is -0.460. The first-order valence-electron chi connectivity index (χ1n) is 4.78. The van der Waals surface area contributed by atoms with Gasteiger partial charge in [-0.05, 0) is 35.2 Å². The summed E-state index contributed by atoms with van der Waals surface area (Å²) in [5, 5.41) is 12.5. The van der Waals surface area contributed by atoms with Crippen molar-refractivity contribution in [1.29, 1.82) is 0 Å². The minimum absolute atomic E-state index is 0.216. The molecule has 0 fully saturated rings. The number of H-pyrrole nitrogens is 1. The molecule has 6 heteroatoms. The lowest BCUT2D eigenvalue weighted by atomic mass is 10.1. The molecule has 1 rings (SSSR count). The van der Waals surface area contributed by atoms with Gasteiger partial charge in [-0.15, -0.1) is 0 Å². The zero-order valence-electron chi connectivity index (χ0n) is 9.21. The fourth-order valence-electron chi connectivity index (χ4n) is 1.23. The molecule has 0 saturated heterocycles. The van der Waals surface area contributed by atoms with Gasteiger partial charge >= 0.3 is 0 Å². The number of carbonyl (C=O) groups is 1. The molecule has 0 aliphatic carbocycles. The van der Waals surface area contributed by atoms with Crippen LogP contribution in [0.3, 0.4) is 0 Å². The highest BCUT2D eigenvalue weighted by molar-refractivity contribution is 9.10. The minimum atomic E-state index is -0.876. The second-order valence-corrected chi connectivity index (χ2v) is 5.63. The number of carbonyl (C=O) groups excluding carboxylic acids is 1. The molecule has 1 amide bonds. The molecule has 1 aromatic rings. The molecule has 1 atom stereocenters. The van der Waals surface area contributed by atoms with Gasteiger partial charge in [0.05, 0.1) is 5.60 Å². The Labute approximate surface area is 107 Å². The first-order valence-corrected chi connectivity index (χ1v) is 6.97. The van der Waals surface area contributed by atoms with Crippen molar-refractivity contribution < 1.29 is 9.90 Å². The highest BCUT2D eigenvalue weighted by Gasteiger charge is 2.21. The maximum absolute atomic E-state index is 11.6. The number of aromatic nitrogens is 1. The number of hydrogen-bond donors (Lipinski definition) is 3. The van der Waals surface area contributed by atoms with Crippen molar-refractivity contribution in [2.24, 2.45) is 0 Å². The van der Waals surface area contributed by atoms with Gasteiger partial charge in [-0.25, -0.2) is 0 Å². The summed E-state index contributed by atoms with van der Waals surface area (Å²) in [4.78, 5) is 14.5. The van der Waals surface area contributed by atoms with Gasteiger partial charge in [-0.2, -0.15) is 11.8 Å². The van der Waals surface area contributed by atoms with Crippen LogP contribution in [-0.4, -0.2) is 40.2 Å². The molecule has 0 bridgehead atoms. The molecule has 3 N–H and O–H groups in total. The Bertz CT molecular complexity index is 365. The van der Waals surface area contributed by atoms with E-state index in [9.17, 15) is 9.90 Å². The Morgan fingerprint density at radius 3 is 2.94 bits per heavy atom. The normalized spacial score (nSPS) is 14.5. The maximum atomic E-state index is 11.6. The summed E-state index contributed by atoms with van der Waals surface area (Å²) in [7, 11) is 0. The van der Waals surface area contributed by atoms with E-state index in [1.165, 1.54) is 0 Å². The molecule has 90 valence electrons. The average Bonchev–Trinajstić information content (AvgIpc) is 2.61. The SMILES string of the molecule is CSCC(C)(O)CNC(=O)c1cc(Br)c[nH]1. The minimum Gasteiger partial charge on any atom is -0.387 e. The number of rotatable bonds is 5. The summed E-state index contributed by atoms with van der Waals surface area (Å²) in [6.45, 7) is 1.94. The summed E-state index contributed by atoms with van der Waals surface area (Å²) in [6.07, 6.45) is 3.60. The van der Waals surface area contributed by atoms with E-state index in [0.29, 0.717) is 11.4 Å². The molecule has 0 spiro atoms. The van der Waals surface area contributed by atoms with E-state index < -0.39 is 5.60 Å². The molecule has 16 heavy (non-hydrogen) atoms.